The van der Waals surface area contributed by atoms with Crippen LogP contribution in [-0.2, 0) is 14.3 Å². The summed E-state index contributed by atoms with van der Waals surface area (Å²) in [6, 6.07) is 0.962. The zero-order valence-electron chi connectivity index (χ0n) is 16.3. The molecule has 0 aliphatic rings. The number of ether oxygens (including phenoxy) is 2. The fraction of sp³-hybridized carbons (Fsp3) is 0.667. The lowest BCUT2D eigenvalue weighted by Crippen LogP contribution is -2.35. The molecule has 0 fully saturated rings. The van der Waals surface area contributed by atoms with Crippen LogP contribution in [0.1, 0.15) is 76.7 Å². The number of alkyl carbamates (subject to hydrolysis) is 1. The molecule has 0 aliphatic carbocycles. The van der Waals surface area contributed by atoms with Gasteiger partial charge in [-0.1, -0.05) is 19.0 Å². The predicted molar refractivity (Wildman–Crippen MR) is 93.6 cm³/mol. The molecule has 0 aliphatic heterocycles. The van der Waals surface area contributed by atoms with Gasteiger partial charge in [-0.25, -0.2) is 4.79 Å². The van der Waals surface area contributed by atoms with Gasteiger partial charge in [0, 0.05) is 6.07 Å². The highest BCUT2D eigenvalue weighted by molar-refractivity contribution is 6.04. The minimum Gasteiger partial charge on any atom is -0.466 e. The summed E-state index contributed by atoms with van der Waals surface area (Å²) in [6.45, 7) is 11.2. The highest BCUT2D eigenvalue weighted by Crippen LogP contribution is 2.22. The lowest BCUT2D eigenvalue weighted by molar-refractivity contribution is -0.142. The Labute approximate surface area is 153 Å². The van der Waals surface area contributed by atoms with Crippen LogP contribution in [0.15, 0.2) is 10.6 Å². The Balaban J connectivity index is 2.85. The maximum Gasteiger partial charge on any atom is 0.408 e. The Morgan fingerprint density at radius 3 is 2.46 bits per heavy atom. The molecule has 8 nitrogen and oxygen atoms in total. The van der Waals surface area contributed by atoms with E-state index in [-0.39, 0.29) is 18.3 Å². The van der Waals surface area contributed by atoms with Crippen molar-refractivity contribution < 1.29 is 28.4 Å². The molecule has 0 saturated heterocycles. The highest BCUT2D eigenvalue weighted by atomic mass is 16.6. The molecule has 0 saturated carbocycles. The maximum atomic E-state index is 12.1. The molecule has 1 unspecified atom stereocenters. The number of carbonyl (C=O) groups is 3. The minimum absolute atomic E-state index is 0.0483. The van der Waals surface area contributed by atoms with Crippen LogP contribution in [0.2, 0.25) is 0 Å². The third-order valence-electron chi connectivity index (χ3n) is 3.17. The first-order chi connectivity index (χ1) is 12.0. The molecule has 146 valence electrons. The quantitative estimate of drug-likeness (QED) is 0.425. The third-order valence-corrected chi connectivity index (χ3v) is 3.17. The van der Waals surface area contributed by atoms with Crippen molar-refractivity contribution >= 4 is 17.8 Å². The van der Waals surface area contributed by atoms with E-state index in [1.807, 2.05) is 13.8 Å². The molecule has 0 spiro atoms. The topological polar surface area (TPSA) is 108 Å². The maximum absolute atomic E-state index is 12.1. The Hall–Kier alpha value is -2.38. The van der Waals surface area contributed by atoms with Gasteiger partial charge in [0.05, 0.1) is 12.6 Å². The van der Waals surface area contributed by atoms with Crippen LogP contribution >= 0.6 is 0 Å². The van der Waals surface area contributed by atoms with Crippen LogP contribution in [-0.4, -0.2) is 35.2 Å². The summed E-state index contributed by atoms with van der Waals surface area (Å²) in [5.74, 6) is -0.943. The normalized spacial score (nSPS) is 12.6. The lowest BCUT2D eigenvalue weighted by Gasteiger charge is -2.23. The summed E-state index contributed by atoms with van der Waals surface area (Å²) in [4.78, 5) is 35.5. The summed E-state index contributed by atoms with van der Waals surface area (Å²) in [5.41, 5.74) is -0.228. The third kappa shape index (κ3) is 7.67. The molecule has 1 rings (SSSR count). The number of carbonyl (C=O) groups excluding carboxylic acids is 3. The van der Waals surface area contributed by atoms with Gasteiger partial charge >= 0.3 is 12.1 Å². The molecule has 1 amide bonds. The predicted octanol–water partition coefficient (Wildman–Crippen LogP) is 3.42. The zero-order valence-corrected chi connectivity index (χ0v) is 16.3. The van der Waals surface area contributed by atoms with Crippen molar-refractivity contribution in [3.63, 3.8) is 0 Å². The van der Waals surface area contributed by atoms with Crippen molar-refractivity contribution in [1.29, 1.82) is 0 Å². The number of rotatable bonds is 8. The number of aromatic nitrogens is 1. The minimum atomic E-state index is -0.628. The van der Waals surface area contributed by atoms with Crippen molar-refractivity contribution in [2.75, 3.05) is 6.61 Å². The van der Waals surface area contributed by atoms with E-state index in [2.05, 4.69) is 10.5 Å². The standard InChI is InChI=1S/C18H28N2O6/c1-7-24-16(22)10-14(21)15-9-13(20-26-15)12(8-11(2)3)19-17(23)25-18(4,5)6/h9,11-12H,7-8,10H2,1-6H3,(H,19,23). The van der Waals surface area contributed by atoms with E-state index in [9.17, 15) is 14.4 Å². The molecule has 0 bridgehead atoms. The van der Waals surface area contributed by atoms with Crippen molar-refractivity contribution in [3.05, 3.63) is 17.5 Å². The Bertz CT molecular complexity index is 630. The SMILES string of the molecule is CCOC(=O)CC(=O)c1cc(C(CC(C)C)NC(=O)OC(C)(C)C)no1. The van der Waals surface area contributed by atoms with E-state index in [1.165, 1.54) is 6.07 Å². The first kappa shape index (κ1) is 21.7. The van der Waals surface area contributed by atoms with Crippen molar-refractivity contribution in [2.45, 2.75) is 66.0 Å². The summed E-state index contributed by atoms with van der Waals surface area (Å²) < 4.78 is 15.1. The first-order valence-corrected chi connectivity index (χ1v) is 8.66. The monoisotopic (exact) mass is 368 g/mol. The number of nitrogens with zero attached hydrogens (tertiary/aromatic N) is 1. The second-order valence-electron chi connectivity index (χ2n) is 7.35. The zero-order chi connectivity index (χ0) is 19.9. The van der Waals surface area contributed by atoms with Gasteiger partial charge in [-0.15, -0.1) is 0 Å². The fourth-order valence-electron chi connectivity index (χ4n) is 2.19. The number of hydrogen-bond donors (Lipinski definition) is 1. The van der Waals surface area contributed by atoms with Crippen LogP contribution in [0.3, 0.4) is 0 Å². The molecule has 1 atom stereocenters. The molecule has 1 aromatic rings. The Morgan fingerprint density at radius 1 is 1.27 bits per heavy atom. The summed E-state index contributed by atoms with van der Waals surface area (Å²) in [6.07, 6.45) is -0.417. The molecule has 8 heteroatoms. The van der Waals surface area contributed by atoms with Gasteiger partial charge in [-0.2, -0.15) is 0 Å². The lowest BCUT2D eigenvalue weighted by atomic mass is 10.0. The Kier molecular flexibility index (Phi) is 7.79. The van der Waals surface area contributed by atoms with Crippen molar-refractivity contribution in [2.24, 2.45) is 5.92 Å². The number of esters is 1. The van der Waals surface area contributed by atoms with E-state index in [0.717, 1.165) is 0 Å². The van der Waals surface area contributed by atoms with E-state index in [4.69, 9.17) is 14.0 Å². The smallest absolute Gasteiger partial charge is 0.408 e. The highest BCUT2D eigenvalue weighted by Gasteiger charge is 2.25. The summed E-state index contributed by atoms with van der Waals surface area (Å²) in [5, 5.41) is 6.62. The van der Waals surface area contributed by atoms with Crippen LogP contribution in [0.25, 0.3) is 0 Å². The van der Waals surface area contributed by atoms with E-state index >= 15 is 0 Å². The number of Topliss-reactive ketones (excluding diaryl/α,β-unsaturated/α-hetero) is 1. The number of ketones is 1. The first-order valence-electron chi connectivity index (χ1n) is 8.66. The van der Waals surface area contributed by atoms with Crippen molar-refractivity contribution in [3.8, 4) is 0 Å². The molecule has 0 radical (unpaired) electrons. The average molecular weight is 368 g/mol. The van der Waals surface area contributed by atoms with Gasteiger partial charge < -0.3 is 19.3 Å². The summed E-state index contributed by atoms with van der Waals surface area (Å²) in [7, 11) is 0. The molecular weight excluding hydrogens is 340 g/mol. The van der Waals surface area contributed by atoms with Crippen LogP contribution in [0.4, 0.5) is 4.79 Å². The molecule has 26 heavy (non-hydrogen) atoms. The van der Waals surface area contributed by atoms with Crippen LogP contribution in [0, 0.1) is 5.92 Å². The van der Waals surface area contributed by atoms with Gasteiger partial charge in [0.15, 0.2) is 0 Å². The van der Waals surface area contributed by atoms with Gasteiger partial charge in [-0.05, 0) is 40.0 Å². The van der Waals surface area contributed by atoms with Crippen molar-refractivity contribution in [1.82, 2.24) is 10.5 Å². The van der Waals surface area contributed by atoms with Gasteiger partial charge in [0.25, 0.3) is 0 Å². The molecule has 1 N–H and O–H groups in total. The second-order valence-corrected chi connectivity index (χ2v) is 7.35. The van der Waals surface area contributed by atoms with Gasteiger partial charge in [-0.3, -0.25) is 9.59 Å². The number of amides is 1. The Morgan fingerprint density at radius 2 is 1.92 bits per heavy atom. The van der Waals surface area contributed by atoms with Gasteiger partial charge in [0.1, 0.15) is 17.7 Å². The van der Waals surface area contributed by atoms with Crippen LogP contribution < -0.4 is 5.32 Å². The molecule has 1 aromatic heterocycles. The van der Waals surface area contributed by atoms with E-state index < -0.39 is 35.9 Å². The largest absolute Gasteiger partial charge is 0.466 e. The number of nitrogens with one attached hydrogen (secondary N) is 1. The summed E-state index contributed by atoms with van der Waals surface area (Å²) >= 11 is 0. The fourth-order valence-corrected chi connectivity index (χ4v) is 2.19. The number of hydrogen-bond acceptors (Lipinski definition) is 7. The molecule has 0 aromatic carbocycles. The van der Waals surface area contributed by atoms with E-state index in [1.54, 1.807) is 27.7 Å². The molecular formula is C18H28N2O6. The van der Waals surface area contributed by atoms with Gasteiger partial charge in [0.2, 0.25) is 11.5 Å². The average Bonchev–Trinajstić information content (AvgIpc) is 2.93. The molecule has 1 heterocycles. The van der Waals surface area contributed by atoms with Crippen LogP contribution in [0.5, 0.6) is 0 Å². The second kappa shape index (κ2) is 9.35. The van der Waals surface area contributed by atoms with E-state index in [0.29, 0.717) is 12.1 Å².